The van der Waals surface area contributed by atoms with Crippen LogP contribution in [0.5, 0.6) is 11.5 Å². The molecule has 1 heterocycles. The summed E-state index contributed by atoms with van der Waals surface area (Å²) >= 11 is 5.73. The average molecular weight is 486 g/mol. The summed E-state index contributed by atoms with van der Waals surface area (Å²) in [6.07, 6.45) is 0.831. The predicted molar refractivity (Wildman–Crippen MR) is 106 cm³/mol. The first-order valence-electron chi connectivity index (χ1n) is 8.20. The lowest BCUT2D eigenvalue weighted by Crippen LogP contribution is -2.14. The highest BCUT2D eigenvalue weighted by molar-refractivity contribution is 7.92. The summed E-state index contributed by atoms with van der Waals surface area (Å²) in [4.78, 5) is 11.6. The fourth-order valence-corrected chi connectivity index (χ4v) is 3.39. The molecular weight excluding hydrogens is 475 g/mol. The van der Waals surface area contributed by atoms with Crippen LogP contribution in [0.1, 0.15) is 5.56 Å². The number of sulfonamides is 1. The van der Waals surface area contributed by atoms with Gasteiger partial charge in [0, 0.05) is 12.1 Å². The van der Waals surface area contributed by atoms with Crippen LogP contribution in [0.3, 0.4) is 0 Å². The van der Waals surface area contributed by atoms with Crippen molar-refractivity contribution in [3.8, 4) is 17.6 Å². The van der Waals surface area contributed by atoms with E-state index in [1.165, 1.54) is 0 Å². The van der Waals surface area contributed by atoms with Gasteiger partial charge >= 0.3 is 0 Å². The number of rotatable bonds is 5. The number of aromatic nitrogens is 1. The SMILES string of the molecule is N#Cc1cc(S(=O)(=O)Nc2ccc(F)cn2)ccc1Oc1cc(F)cc(F)c1Cl.O=CO. The van der Waals surface area contributed by atoms with Gasteiger partial charge in [0.2, 0.25) is 0 Å². The molecule has 0 fully saturated rings. The van der Waals surface area contributed by atoms with Gasteiger partial charge in [-0.25, -0.2) is 26.6 Å². The summed E-state index contributed by atoms with van der Waals surface area (Å²) in [5.74, 6) is -3.34. The van der Waals surface area contributed by atoms with Gasteiger partial charge in [0.25, 0.3) is 16.5 Å². The molecule has 0 radical (unpaired) electrons. The third kappa shape index (κ3) is 6.10. The van der Waals surface area contributed by atoms with E-state index in [-0.39, 0.29) is 34.2 Å². The van der Waals surface area contributed by atoms with Crippen molar-refractivity contribution in [2.45, 2.75) is 4.90 Å². The average Bonchev–Trinajstić information content (AvgIpc) is 2.74. The maximum atomic E-state index is 13.5. The van der Waals surface area contributed by atoms with Crippen LogP contribution in [0.15, 0.2) is 53.6 Å². The minimum atomic E-state index is -4.16. The van der Waals surface area contributed by atoms with E-state index in [4.69, 9.17) is 26.2 Å². The molecular formula is C19H11ClF3N3O5S. The number of carbonyl (C=O) groups is 1. The molecule has 166 valence electrons. The number of hydrogen-bond acceptors (Lipinski definition) is 6. The van der Waals surface area contributed by atoms with Crippen molar-refractivity contribution in [1.29, 1.82) is 5.26 Å². The van der Waals surface area contributed by atoms with Crippen molar-refractivity contribution in [3.05, 3.63) is 76.7 Å². The van der Waals surface area contributed by atoms with E-state index in [9.17, 15) is 26.9 Å². The lowest BCUT2D eigenvalue weighted by Gasteiger charge is -2.12. The largest absolute Gasteiger partial charge is 0.483 e. The minimum Gasteiger partial charge on any atom is -0.483 e. The molecule has 0 bridgehead atoms. The van der Waals surface area contributed by atoms with E-state index in [0.717, 1.165) is 42.6 Å². The number of nitrogens with zero attached hydrogens (tertiary/aromatic N) is 2. The van der Waals surface area contributed by atoms with Crippen LogP contribution < -0.4 is 9.46 Å². The molecule has 0 saturated carbocycles. The zero-order valence-corrected chi connectivity index (χ0v) is 17.2. The summed E-state index contributed by atoms with van der Waals surface area (Å²) in [6.45, 7) is -0.250. The monoisotopic (exact) mass is 485 g/mol. The molecule has 1 aromatic heterocycles. The van der Waals surface area contributed by atoms with Crippen molar-refractivity contribution in [2.24, 2.45) is 0 Å². The maximum Gasteiger partial charge on any atom is 0.290 e. The molecule has 0 atom stereocenters. The predicted octanol–water partition coefficient (Wildman–Crippen LogP) is 4.32. The molecule has 0 aliphatic heterocycles. The number of carboxylic acid groups (broad SMARTS) is 1. The molecule has 0 unspecified atom stereocenters. The number of hydrogen-bond donors (Lipinski definition) is 2. The van der Waals surface area contributed by atoms with Gasteiger partial charge in [0.1, 0.15) is 40.1 Å². The Hall–Kier alpha value is -3.82. The molecule has 3 rings (SSSR count). The van der Waals surface area contributed by atoms with Crippen LogP contribution in [0.25, 0.3) is 0 Å². The zero-order chi connectivity index (χ0) is 23.9. The Morgan fingerprint density at radius 3 is 2.38 bits per heavy atom. The van der Waals surface area contributed by atoms with Crippen LogP contribution in [0, 0.1) is 28.8 Å². The van der Waals surface area contributed by atoms with Crippen molar-refractivity contribution in [3.63, 3.8) is 0 Å². The molecule has 32 heavy (non-hydrogen) atoms. The smallest absolute Gasteiger partial charge is 0.290 e. The molecule has 13 heteroatoms. The van der Waals surface area contributed by atoms with Gasteiger partial charge < -0.3 is 9.84 Å². The Morgan fingerprint density at radius 2 is 1.78 bits per heavy atom. The molecule has 8 nitrogen and oxygen atoms in total. The Morgan fingerprint density at radius 1 is 1.09 bits per heavy atom. The van der Waals surface area contributed by atoms with Gasteiger partial charge in [-0.3, -0.25) is 9.52 Å². The van der Waals surface area contributed by atoms with E-state index < -0.39 is 32.5 Å². The van der Waals surface area contributed by atoms with Crippen LogP contribution in [-0.2, 0) is 14.8 Å². The molecule has 3 aromatic rings. The van der Waals surface area contributed by atoms with E-state index in [1.807, 2.05) is 0 Å². The van der Waals surface area contributed by atoms with Gasteiger partial charge in [-0.1, -0.05) is 11.6 Å². The Bertz CT molecular complexity index is 1280. The van der Waals surface area contributed by atoms with Gasteiger partial charge in [-0.2, -0.15) is 5.26 Å². The molecule has 2 aromatic carbocycles. The van der Waals surface area contributed by atoms with E-state index >= 15 is 0 Å². The lowest BCUT2D eigenvalue weighted by molar-refractivity contribution is -0.122. The van der Waals surface area contributed by atoms with Crippen molar-refractivity contribution < 1.29 is 36.2 Å². The fraction of sp³-hybridized carbons (Fsp3) is 0. The van der Waals surface area contributed by atoms with Gasteiger partial charge in [-0.15, -0.1) is 0 Å². The number of anilines is 1. The summed E-state index contributed by atoms with van der Waals surface area (Å²) in [7, 11) is -4.16. The molecule has 0 aliphatic carbocycles. The molecule has 0 aliphatic rings. The second kappa shape index (κ2) is 10.5. The Kier molecular flexibility index (Phi) is 8.00. The first-order chi connectivity index (χ1) is 15.1. The van der Waals surface area contributed by atoms with Gasteiger partial charge in [-0.05, 0) is 30.3 Å². The van der Waals surface area contributed by atoms with Gasteiger partial charge in [0.15, 0.2) is 5.75 Å². The third-order valence-electron chi connectivity index (χ3n) is 3.53. The number of nitriles is 1. The maximum absolute atomic E-state index is 13.5. The van der Waals surface area contributed by atoms with Crippen molar-refractivity contribution >= 4 is 33.9 Å². The number of ether oxygens (including phenoxy) is 1. The lowest BCUT2D eigenvalue weighted by atomic mass is 10.2. The number of halogens is 4. The molecule has 0 saturated heterocycles. The fourth-order valence-electron chi connectivity index (χ4n) is 2.21. The summed E-state index contributed by atoms with van der Waals surface area (Å²) in [5.41, 5.74) is -0.235. The molecule has 2 N–H and O–H groups in total. The van der Waals surface area contributed by atoms with E-state index in [2.05, 4.69) is 9.71 Å². The van der Waals surface area contributed by atoms with Gasteiger partial charge in [0.05, 0.1) is 16.7 Å². The second-order valence-corrected chi connectivity index (χ2v) is 7.70. The highest BCUT2D eigenvalue weighted by Crippen LogP contribution is 2.34. The Labute approximate surface area is 184 Å². The zero-order valence-electron chi connectivity index (χ0n) is 15.6. The highest BCUT2D eigenvalue weighted by Gasteiger charge is 2.19. The number of pyridine rings is 1. The summed E-state index contributed by atoms with van der Waals surface area (Å²) < 4.78 is 72.1. The second-order valence-electron chi connectivity index (χ2n) is 5.64. The quantitative estimate of drug-likeness (QED) is 0.406. The van der Waals surface area contributed by atoms with E-state index in [1.54, 1.807) is 6.07 Å². The molecule has 0 spiro atoms. The molecule has 0 amide bonds. The highest BCUT2D eigenvalue weighted by atomic mass is 35.5. The minimum absolute atomic E-state index is 0.132. The van der Waals surface area contributed by atoms with Crippen LogP contribution in [-0.4, -0.2) is 25.0 Å². The topological polar surface area (TPSA) is 129 Å². The normalized spacial score (nSPS) is 10.3. The van der Waals surface area contributed by atoms with Crippen LogP contribution in [0.2, 0.25) is 5.02 Å². The number of nitrogens with one attached hydrogen (secondary N) is 1. The van der Waals surface area contributed by atoms with Crippen molar-refractivity contribution in [1.82, 2.24) is 4.98 Å². The van der Waals surface area contributed by atoms with E-state index in [0.29, 0.717) is 6.07 Å². The van der Waals surface area contributed by atoms with Crippen LogP contribution >= 0.6 is 11.6 Å². The van der Waals surface area contributed by atoms with Crippen molar-refractivity contribution in [2.75, 3.05) is 4.72 Å². The number of benzene rings is 2. The summed E-state index contributed by atoms with van der Waals surface area (Å²) in [6, 6.07) is 8.48. The Balaban J connectivity index is 0.00000114. The van der Waals surface area contributed by atoms with Crippen LogP contribution in [0.4, 0.5) is 19.0 Å². The standard InChI is InChI=1S/C18H9ClF3N3O3S.CH2O2/c19-18-14(22)6-12(21)7-16(18)28-15-3-2-13(5-10(15)8-23)29(26,27)25-17-4-1-11(20)9-24-17;2-1-3/h1-7,9H,(H,24,25);1H,(H,2,3). The first kappa shape index (κ1) is 24.4. The first-order valence-corrected chi connectivity index (χ1v) is 10.1. The summed E-state index contributed by atoms with van der Waals surface area (Å²) in [5, 5.41) is 15.7. The third-order valence-corrected chi connectivity index (χ3v) is 5.25.